The highest BCUT2D eigenvalue weighted by molar-refractivity contribution is 5.20. The maximum Gasteiger partial charge on any atom is 0.0535 e. The lowest BCUT2D eigenvalue weighted by atomic mass is 9.60. The van der Waals surface area contributed by atoms with Gasteiger partial charge in [0.1, 0.15) is 0 Å². The highest BCUT2D eigenvalue weighted by Gasteiger charge is 2.53. The van der Waals surface area contributed by atoms with Gasteiger partial charge in [0.15, 0.2) is 0 Å². The fourth-order valence-corrected chi connectivity index (χ4v) is 3.34. The van der Waals surface area contributed by atoms with Crippen molar-refractivity contribution in [3.8, 4) is 0 Å². The zero-order chi connectivity index (χ0) is 12.9. The molecule has 2 aliphatic rings. The number of aryl methyl sites for hydroxylation is 1. The molecule has 1 aromatic rings. The number of nitrogens with zero attached hydrogens (tertiary/aromatic N) is 3. The van der Waals surface area contributed by atoms with E-state index in [0.29, 0.717) is 11.5 Å². The normalized spacial score (nSPS) is 21.6. The molecule has 0 radical (unpaired) electrons. The van der Waals surface area contributed by atoms with E-state index in [9.17, 15) is 0 Å². The predicted octanol–water partition coefficient (Wildman–Crippen LogP) is 2.84. The van der Waals surface area contributed by atoms with Crippen LogP contribution in [0.1, 0.15) is 30.1 Å². The van der Waals surface area contributed by atoms with E-state index in [0.717, 1.165) is 18.8 Å². The van der Waals surface area contributed by atoms with Crippen LogP contribution >= 0.6 is 0 Å². The Balaban J connectivity index is 1.60. The Bertz CT molecular complexity index is 498. The number of hydrogen-bond acceptors (Lipinski definition) is 2. The fraction of sp³-hybridized carbons (Fsp3) is 0.533. The minimum atomic E-state index is 0.531. The molecule has 1 saturated heterocycles. The summed E-state index contributed by atoms with van der Waals surface area (Å²) in [6, 6.07) is 0.609. The smallest absolute Gasteiger partial charge is 0.0535 e. The maximum absolute atomic E-state index is 4.50. The topological polar surface area (TPSA) is 21.1 Å². The molecule has 3 nitrogen and oxygen atoms in total. The van der Waals surface area contributed by atoms with Crippen LogP contribution < -0.4 is 0 Å². The molecular formula is C15H21N3. The van der Waals surface area contributed by atoms with E-state index in [2.05, 4.69) is 41.7 Å². The molecule has 1 aromatic heterocycles. The van der Waals surface area contributed by atoms with E-state index in [-0.39, 0.29) is 0 Å². The number of hydrogen-bond donors (Lipinski definition) is 0. The van der Waals surface area contributed by atoms with E-state index in [1.165, 1.54) is 24.1 Å². The molecule has 1 saturated carbocycles. The highest BCUT2D eigenvalue weighted by atomic mass is 15.3. The molecule has 0 amide bonds. The van der Waals surface area contributed by atoms with Crippen LogP contribution in [0.25, 0.3) is 0 Å². The molecule has 0 N–H and O–H groups in total. The van der Waals surface area contributed by atoms with Gasteiger partial charge in [0, 0.05) is 29.9 Å². The molecule has 18 heavy (non-hydrogen) atoms. The van der Waals surface area contributed by atoms with Crippen molar-refractivity contribution in [1.82, 2.24) is 14.7 Å². The van der Waals surface area contributed by atoms with Gasteiger partial charge in [-0.3, -0.25) is 4.68 Å². The summed E-state index contributed by atoms with van der Waals surface area (Å²) < 4.78 is 2.21. The molecule has 1 aliphatic carbocycles. The third-order valence-electron chi connectivity index (χ3n) is 4.67. The van der Waals surface area contributed by atoms with E-state index < -0.39 is 0 Å². The second kappa shape index (κ2) is 3.74. The minimum absolute atomic E-state index is 0.531. The second-order valence-corrected chi connectivity index (χ2v) is 5.97. The molecule has 2 heterocycles. The van der Waals surface area contributed by atoms with Crippen molar-refractivity contribution in [1.29, 1.82) is 0 Å². The lowest BCUT2D eigenvalue weighted by Gasteiger charge is -2.60. The first-order valence-corrected chi connectivity index (χ1v) is 6.62. The van der Waals surface area contributed by atoms with Gasteiger partial charge in [-0.2, -0.15) is 5.10 Å². The van der Waals surface area contributed by atoms with E-state index in [1.807, 2.05) is 12.3 Å². The zero-order valence-corrected chi connectivity index (χ0v) is 11.3. The monoisotopic (exact) mass is 243 g/mol. The third-order valence-corrected chi connectivity index (χ3v) is 4.67. The first-order valence-electron chi connectivity index (χ1n) is 6.62. The molecule has 0 unspecified atom stereocenters. The molecule has 0 atom stereocenters. The number of allylic oxidation sites excluding steroid dienone is 1. The Labute approximate surface area is 109 Å². The zero-order valence-electron chi connectivity index (χ0n) is 11.3. The summed E-state index contributed by atoms with van der Waals surface area (Å²) in [6.45, 7) is 14.4. The summed E-state index contributed by atoms with van der Waals surface area (Å²) in [5, 5.41) is 4.50. The van der Waals surface area contributed by atoms with Crippen molar-refractivity contribution in [2.24, 2.45) is 5.41 Å². The lowest BCUT2D eigenvalue weighted by Crippen LogP contribution is -2.61. The summed E-state index contributed by atoms with van der Waals surface area (Å²) in [5.74, 6) is 0. The SMILES string of the molecule is C=CC(=C)N1CC2(CC(n3ncc(C)c3C)C2)C1. The Morgan fingerprint density at radius 1 is 1.44 bits per heavy atom. The Kier molecular flexibility index (Phi) is 2.40. The van der Waals surface area contributed by atoms with Crippen molar-refractivity contribution in [3.05, 3.63) is 42.4 Å². The van der Waals surface area contributed by atoms with Crippen LogP contribution in [0.5, 0.6) is 0 Å². The Morgan fingerprint density at radius 2 is 2.11 bits per heavy atom. The van der Waals surface area contributed by atoms with Crippen LogP contribution in [0.2, 0.25) is 0 Å². The third kappa shape index (κ3) is 1.53. The van der Waals surface area contributed by atoms with E-state index >= 15 is 0 Å². The van der Waals surface area contributed by atoms with Gasteiger partial charge in [0.25, 0.3) is 0 Å². The number of aromatic nitrogens is 2. The van der Waals surface area contributed by atoms with E-state index in [1.54, 1.807) is 0 Å². The molecular weight excluding hydrogens is 222 g/mol. The van der Waals surface area contributed by atoms with Crippen LogP contribution in [0, 0.1) is 19.3 Å². The van der Waals surface area contributed by atoms with Gasteiger partial charge in [0.2, 0.25) is 0 Å². The summed E-state index contributed by atoms with van der Waals surface area (Å²) >= 11 is 0. The lowest BCUT2D eigenvalue weighted by molar-refractivity contribution is -0.0727. The molecule has 0 aromatic carbocycles. The quantitative estimate of drug-likeness (QED) is 0.761. The van der Waals surface area contributed by atoms with Crippen LogP contribution in [0.4, 0.5) is 0 Å². The van der Waals surface area contributed by atoms with Gasteiger partial charge in [-0.25, -0.2) is 0 Å². The van der Waals surface area contributed by atoms with Crippen molar-refractivity contribution >= 4 is 0 Å². The van der Waals surface area contributed by atoms with Crippen molar-refractivity contribution in [2.45, 2.75) is 32.7 Å². The van der Waals surface area contributed by atoms with Gasteiger partial charge in [-0.05, 0) is 38.3 Å². The first kappa shape index (κ1) is 11.6. The summed E-state index contributed by atoms with van der Waals surface area (Å²) in [6.07, 6.45) is 6.35. The summed E-state index contributed by atoms with van der Waals surface area (Å²) in [4.78, 5) is 2.32. The molecule has 1 spiro atoms. The van der Waals surface area contributed by atoms with Crippen LogP contribution in [-0.2, 0) is 0 Å². The molecule has 1 aliphatic heterocycles. The largest absolute Gasteiger partial charge is 0.371 e. The minimum Gasteiger partial charge on any atom is -0.371 e. The van der Waals surface area contributed by atoms with Crippen molar-refractivity contribution < 1.29 is 0 Å². The van der Waals surface area contributed by atoms with Gasteiger partial charge in [0.05, 0.1) is 12.2 Å². The predicted molar refractivity (Wildman–Crippen MR) is 73.3 cm³/mol. The van der Waals surface area contributed by atoms with Gasteiger partial charge in [-0.1, -0.05) is 13.2 Å². The van der Waals surface area contributed by atoms with E-state index in [4.69, 9.17) is 0 Å². The molecule has 96 valence electrons. The fourth-order valence-electron chi connectivity index (χ4n) is 3.34. The number of rotatable bonds is 3. The van der Waals surface area contributed by atoms with Gasteiger partial charge in [-0.15, -0.1) is 0 Å². The highest BCUT2D eigenvalue weighted by Crippen LogP contribution is 2.54. The van der Waals surface area contributed by atoms with Crippen molar-refractivity contribution in [2.75, 3.05) is 13.1 Å². The number of likely N-dealkylation sites (tertiary alicyclic amines) is 1. The van der Waals surface area contributed by atoms with Crippen LogP contribution in [0.3, 0.4) is 0 Å². The summed E-state index contributed by atoms with van der Waals surface area (Å²) in [5.41, 5.74) is 4.21. The average molecular weight is 243 g/mol. The average Bonchev–Trinajstić information content (AvgIpc) is 2.56. The summed E-state index contributed by atoms with van der Waals surface area (Å²) in [7, 11) is 0. The standard InChI is InChI=1S/C15H21N3/c1-5-12(3)17-9-15(10-17)6-14(7-15)18-13(4)11(2)8-16-18/h5,8,14H,1,3,6-7,9-10H2,2,4H3. The Morgan fingerprint density at radius 3 is 2.61 bits per heavy atom. The molecule has 3 rings (SSSR count). The first-order chi connectivity index (χ1) is 8.54. The van der Waals surface area contributed by atoms with Gasteiger partial charge >= 0.3 is 0 Å². The second-order valence-electron chi connectivity index (χ2n) is 5.97. The van der Waals surface area contributed by atoms with Crippen LogP contribution in [0.15, 0.2) is 31.1 Å². The van der Waals surface area contributed by atoms with Crippen LogP contribution in [-0.4, -0.2) is 27.8 Å². The van der Waals surface area contributed by atoms with Crippen molar-refractivity contribution in [3.63, 3.8) is 0 Å². The van der Waals surface area contributed by atoms with Gasteiger partial charge < -0.3 is 4.90 Å². The Hall–Kier alpha value is -1.51. The molecule has 0 bridgehead atoms. The molecule has 3 heteroatoms. The molecule has 2 fully saturated rings. The maximum atomic E-state index is 4.50.